The van der Waals surface area contributed by atoms with Gasteiger partial charge in [-0.15, -0.1) is 10.2 Å². The van der Waals surface area contributed by atoms with Crippen molar-refractivity contribution in [3.8, 4) is 11.4 Å². The van der Waals surface area contributed by atoms with Crippen LogP contribution in [0.3, 0.4) is 0 Å². The maximum absolute atomic E-state index is 11.3. The molecule has 0 amide bonds. The Kier molecular flexibility index (Phi) is 2.94. The molecule has 0 N–H and O–H groups in total. The van der Waals surface area contributed by atoms with Crippen LogP contribution in [0.5, 0.6) is 0 Å². The summed E-state index contributed by atoms with van der Waals surface area (Å²) in [5.41, 5.74) is 2.39. The number of nitrogens with zero attached hydrogens (tertiary/aromatic N) is 5. The van der Waals surface area contributed by atoms with Gasteiger partial charge in [-0.25, -0.2) is 8.42 Å². The van der Waals surface area contributed by atoms with Gasteiger partial charge < -0.3 is 0 Å². The van der Waals surface area contributed by atoms with E-state index < -0.39 is 9.05 Å². The number of halogens is 1. The van der Waals surface area contributed by atoms with E-state index >= 15 is 0 Å². The lowest BCUT2D eigenvalue weighted by Crippen LogP contribution is -2.03. The predicted molar refractivity (Wildman–Crippen MR) is 65.7 cm³/mol. The van der Waals surface area contributed by atoms with Crippen LogP contribution >= 0.6 is 10.7 Å². The summed E-state index contributed by atoms with van der Waals surface area (Å²) in [5.74, 6) is 0.428. The summed E-state index contributed by atoms with van der Waals surface area (Å²) in [6.07, 6.45) is 0. The van der Waals surface area contributed by atoms with Crippen LogP contribution in [0.2, 0.25) is 0 Å². The van der Waals surface area contributed by atoms with Crippen LogP contribution in [0.1, 0.15) is 11.4 Å². The van der Waals surface area contributed by atoms with Gasteiger partial charge in [0, 0.05) is 30.5 Å². The van der Waals surface area contributed by atoms with Gasteiger partial charge in [-0.1, -0.05) is 0 Å². The van der Waals surface area contributed by atoms with Crippen LogP contribution in [-0.2, 0) is 23.1 Å². The molecule has 2 aromatic heterocycles. The Morgan fingerprint density at radius 2 is 1.78 bits per heavy atom. The van der Waals surface area contributed by atoms with Crippen LogP contribution in [0.15, 0.2) is 5.16 Å². The fourth-order valence-electron chi connectivity index (χ4n) is 1.84. The fourth-order valence-corrected chi connectivity index (χ4v) is 2.80. The lowest BCUT2D eigenvalue weighted by molar-refractivity contribution is 0.593. The molecule has 0 aliphatic carbocycles. The lowest BCUT2D eigenvalue weighted by Gasteiger charge is -2.02. The molecular weight excluding hydrogens is 278 g/mol. The minimum atomic E-state index is -3.91. The molecule has 2 heterocycles. The fraction of sp³-hybridized carbons (Fsp3) is 0.444. The van der Waals surface area contributed by atoms with E-state index in [2.05, 4.69) is 15.3 Å². The molecule has 0 aliphatic heterocycles. The van der Waals surface area contributed by atoms with Crippen molar-refractivity contribution < 1.29 is 8.42 Å². The van der Waals surface area contributed by atoms with Crippen molar-refractivity contribution >= 4 is 19.7 Å². The zero-order valence-corrected chi connectivity index (χ0v) is 11.9. The molecule has 0 saturated heterocycles. The Morgan fingerprint density at radius 3 is 2.17 bits per heavy atom. The second kappa shape index (κ2) is 4.06. The third kappa shape index (κ3) is 1.91. The molecule has 0 spiro atoms. The molecule has 0 unspecified atom stereocenters. The molecule has 98 valence electrons. The number of hydrogen-bond donors (Lipinski definition) is 0. The minimum Gasteiger partial charge on any atom is -0.300 e. The first-order valence-electron chi connectivity index (χ1n) is 5.08. The summed E-state index contributed by atoms with van der Waals surface area (Å²) >= 11 is 0. The number of rotatable bonds is 2. The van der Waals surface area contributed by atoms with Gasteiger partial charge in [0.25, 0.3) is 14.2 Å². The molecule has 0 bridgehead atoms. The van der Waals surface area contributed by atoms with E-state index in [9.17, 15) is 8.42 Å². The van der Waals surface area contributed by atoms with Gasteiger partial charge in [-0.3, -0.25) is 9.25 Å². The molecule has 9 heteroatoms. The Balaban J connectivity index is 2.71. The average Bonchev–Trinajstić information content (AvgIpc) is 2.69. The maximum Gasteiger partial charge on any atom is 0.296 e. The van der Waals surface area contributed by atoms with E-state index in [1.54, 1.807) is 18.8 Å². The highest BCUT2D eigenvalue weighted by molar-refractivity contribution is 8.13. The largest absolute Gasteiger partial charge is 0.300 e. The summed E-state index contributed by atoms with van der Waals surface area (Å²) in [6.45, 7) is 3.70. The summed E-state index contributed by atoms with van der Waals surface area (Å²) in [7, 11) is 4.73. The van der Waals surface area contributed by atoms with Gasteiger partial charge in [0.1, 0.15) is 0 Å². The summed E-state index contributed by atoms with van der Waals surface area (Å²) in [5, 5.41) is 11.5. The zero-order valence-electron chi connectivity index (χ0n) is 10.3. The van der Waals surface area contributed by atoms with Crippen LogP contribution in [0, 0.1) is 13.8 Å². The molecule has 0 radical (unpaired) electrons. The van der Waals surface area contributed by atoms with Gasteiger partial charge in [0.05, 0.1) is 11.3 Å². The summed E-state index contributed by atoms with van der Waals surface area (Å²) in [4.78, 5) is 0. The zero-order chi connectivity index (χ0) is 13.7. The highest BCUT2D eigenvalue weighted by atomic mass is 35.7. The monoisotopic (exact) mass is 289 g/mol. The van der Waals surface area contributed by atoms with Crippen molar-refractivity contribution in [3.05, 3.63) is 11.4 Å². The lowest BCUT2D eigenvalue weighted by atomic mass is 10.2. The SMILES string of the molecule is Cc1nn(C)c(C)c1-c1nnc(S(=O)(=O)Cl)n1C. The van der Waals surface area contributed by atoms with E-state index in [1.165, 1.54) is 4.57 Å². The Hall–Kier alpha value is -1.41. The Labute approximate surface area is 109 Å². The molecule has 0 aromatic carbocycles. The standard InChI is InChI=1S/C9H12ClN5O2S/c1-5-7(6(2)15(4)13-5)8-11-12-9(14(8)3)18(10,16)17/h1-4H3. The number of aromatic nitrogens is 5. The summed E-state index contributed by atoms with van der Waals surface area (Å²) in [6, 6.07) is 0. The molecule has 2 rings (SSSR count). The van der Waals surface area contributed by atoms with E-state index in [-0.39, 0.29) is 5.16 Å². The van der Waals surface area contributed by atoms with Gasteiger partial charge in [0.15, 0.2) is 5.82 Å². The van der Waals surface area contributed by atoms with Gasteiger partial charge in [-0.05, 0) is 13.8 Å². The topological polar surface area (TPSA) is 82.7 Å². The maximum atomic E-state index is 11.3. The van der Waals surface area contributed by atoms with Gasteiger partial charge >= 0.3 is 0 Å². The highest BCUT2D eigenvalue weighted by Gasteiger charge is 2.24. The van der Waals surface area contributed by atoms with Gasteiger partial charge in [-0.2, -0.15) is 5.10 Å². The molecule has 18 heavy (non-hydrogen) atoms. The van der Waals surface area contributed by atoms with Gasteiger partial charge in [0.2, 0.25) is 0 Å². The number of hydrogen-bond acceptors (Lipinski definition) is 5. The third-order valence-electron chi connectivity index (χ3n) is 2.79. The first-order chi connectivity index (χ1) is 8.23. The molecule has 0 saturated carbocycles. The van der Waals surface area contributed by atoms with E-state index in [0.29, 0.717) is 5.82 Å². The average molecular weight is 290 g/mol. The normalized spacial score (nSPS) is 12.1. The second-order valence-electron chi connectivity index (χ2n) is 3.97. The number of aryl methyl sites for hydroxylation is 2. The molecule has 0 aliphatic rings. The van der Waals surface area contributed by atoms with E-state index in [1.807, 2.05) is 13.8 Å². The van der Waals surface area contributed by atoms with Crippen LogP contribution < -0.4 is 0 Å². The predicted octanol–water partition coefficient (Wildman–Crippen LogP) is 0.760. The minimum absolute atomic E-state index is 0.276. The summed E-state index contributed by atoms with van der Waals surface area (Å²) < 4.78 is 25.6. The van der Waals surface area contributed by atoms with Crippen molar-refractivity contribution in [3.63, 3.8) is 0 Å². The molecule has 2 aromatic rings. The van der Waals surface area contributed by atoms with Crippen LogP contribution in [0.25, 0.3) is 11.4 Å². The third-order valence-corrected chi connectivity index (χ3v) is 3.99. The quantitative estimate of drug-likeness (QED) is 0.762. The first kappa shape index (κ1) is 13.0. The molecular formula is C9H12ClN5O2S. The van der Waals surface area contributed by atoms with Crippen molar-refractivity contribution in [2.75, 3.05) is 0 Å². The Morgan fingerprint density at radius 1 is 1.17 bits per heavy atom. The molecule has 0 fully saturated rings. The molecule has 7 nitrogen and oxygen atoms in total. The molecule has 0 atom stereocenters. The van der Waals surface area contributed by atoms with Crippen LogP contribution in [-0.4, -0.2) is 33.0 Å². The van der Waals surface area contributed by atoms with Crippen molar-refractivity contribution in [2.45, 2.75) is 19.0 Å². The Bertz CT molecular complexity index is 716. The second-order valence-corrected chi connectivity index (χ2v) is 6.43. The van der Waals surface area contributed by atoms with E-state index in [0.717, 1.165) is 17.0 Å². The van der Waals surface area contributed by atoms with Crippen molar-refractivity contribution in [2.24, 2.45) is 14.1 Å². The first-order valence-corrected chi connectivity index (χ1v) is 7.39. The smallest absolute Gasteiger partial charge is 0.296 e. The van der Waals surface area contributed by atoms with Crippen molar-refractivity contribution in [1.82, 2.24) is 24.5 Å². The van der Waals surface area contributed by atoms with Crippen molar-refractivity contribution in [1.29, 1.82) is 0 Å². The van der Waals surface area contributed by atoms with Crippen LogP contribution in [0.4, 0.5) is 0 Å². The van der Waals surface area contributed by atoms with E-state index in [4.69, 9.17) is 10.7 Å². The highest BCUT2D eigenvalue weighted by Crippen LogP contribution is 2.26.